The fraction of sp³-hybridized carbons (Fsp3) is 0.364. The third-order valence-electron chi connectivity index (χ3n) is 7.91. The second kappa shape index (κ2) is 14.6. The molecule has 3 aromatic carbocycles. The molecule has 0 bridgehead atoms. The van der Waals surface area contributed by atoms with Crippen molar-refractivity contribution in [2.75, 3.05) is 50.0 Å². The summed E-state index contributed by atoms with van der Waals surface area (Å²) in [5, 5.41) is 15.4. The Hall–Kier alpha value is -4.77. The molecule has 1 unspecified atom stereocenters. The lowest BCUT2D eigenvalue weighted by molar-refractivity contribution is -0.138. The van der Waals surface area contributed by atoms with Gasteiger partial charge in [-0.15, -0.1) is 0 Å². The van der Waals surface area contributed by atoms with Crippen molar-refractivity contribution in [2.24, 2.45) is 0 Å². The van der Waals surface area contributed by atoms with Crippen molar-refractivity contribution in [3.05, 3.63) is 71.8 Å². The zero-order valence-corrected chi connectivity index (χ0v) is 25.8. The number of urea groups is 1. The minimum absolute atomic E-state index is 0.0698. The average Bonchev–Trinajstić information content (AvgIpc) is 3.01. The number of likely N-dealkylation sites (tertiary alicyclic amines) is 1. The Morgan fingerprint density at radius 1 is 0.886 bits per heavy atom. The van der Waals surface area contributed by atoms with Gasteiger partial charge in [0.2, 0.25) is 5.91 Å². The Kier molecular flexibility index (Phi) is 10.7. The van der Waals surface area contributed by atoms with E-state index >= 15 is 0 Å². The Labute approximate surface area is 257 Å². The third-order valence-corrected chi connectivity index (χ3v) is 7.91. The molecule has 4 rings (SSSR count). The number of carbonyl (C=O) groups is 3. The number of hydrogen-bond acceptors (Lipinski definition) is 7. The van der Waals surface area contributed by atoms with Gasteiger partial charge in [0.25, 0.3) is 0 Å². The number of nitrogens with one attached hydrogen (secondary N) is 2. The van der Waals surface area contributed by atoms with E-state index in [1.54, 1.807) is 43.4 Å². The highest BCUT2D eigenvalue weighted by molar-refractivity contribution is 6.01. The van der Waals surface area contributed by atoms with Crippen LogP contribution in [-0.4, -0.2) is 68.4 Å². The normalized spacial score (nSPS) is 14.3. The number of piperidine rings is 1. The summed E-state index contributed by atoms with van der Waals surface area (Å²) in [6, 6.07) is 17.3. The number of carbonyl (C=O) groups excluding carboxylic acids is 2. The van der Waals surface area contributed by atoms with Gasteiger partial charge in [0.15, 0.2) is 11.5 Å². The Morgan fingerprint density at radius 3 is 2.16 bits per heavy atom. The maximum Gasteiger partial charge on any atom is 0.323 e. The van der Waals surface area contributed by atoms with Gasteiger partial charge in [-0.2, -0.15) is 0 Å². The van der Waals surface area contributed by atoms with E-state index in [9.17, 15) is 19.5 Å². The maximum absolute atomic E-state index is 12.9. The first-order valence-corrected chi connectivity index (χ1v) is 14.4. The quantitative estimate of drug-likeness (QED) is 0.254. The first-order valence-electron chi connectivity index (χ1n) is 14.4. The molecule has 1 aliphatic rings. The monoisotopic (exact) mass is 604 g/mol. The number of para-hydroxylation sites is 1. The zero-order chi connectivity index (χ0) is 31.8. The van der Waals surface area contributed by atoms with E-state index in [-0.39, 0.29) is 24.4 Å². The van der Waals surface area contributed by atoms with Crippen molar-refractivity contribution in [1.29, 1.82) is 0 Å². The molecule has 3 amide bonds. The molecule has 0 aliphatic carbocycles. The van der Waals surface area contributed by atoms with Gasteiger partial charge in [0, 0.05) is 49.5 Å². The van der Waals surface area contributed by atoms with E-state index in [1.807, 2.05) is 43.3 Å². The van der Waals surface area contributed by atoms with Gasteiger partial charge in [0.1, 0.15) is 5.75 Å². The standard InChI is InChI=1S/C33H40N4O7/c1-21-8-6-7-9-26(21)34-33(41)35-27-12-11-25(19-30(27)43-4)37(22(2)38)24-14-16-36(17-15-24)28(20-32(39)40)23-10-13-29(42-3)31(18-23)44-5/h6-13,18-19,24,28H,14-17,20H2,1-5H3,(H,39,40)(H2,34,35,41). The largest absolute Gasteiger partial charge is 0.494 e. The molecule has 11 heteroatoms. The van der Waals surface area contributed by atoms with Crippen LogP contribution in [-0.2, 0) is 9.59 Å². The number of methoxy groups -OCH3 is 3. The summed E-state index contributed by atoms with van der Waals surface area (Å²) in [6.07, 6.45) is 1.22. The number of amides is 3. The summed E-state index contributed by atoms with van der Waals surface area (Å²) in [7, 11) is 4.62. The molecular formula is C33H40N4O7. The van der Waals surface area contributed by atoms with Crippen LogP contribution in [0, 0.1) is 6.92 Å². The minimum atomic E-state index is -0.898. The number of aryl methyl sites for hydroxylation is 1. The first kappa shape index (κ1) is 32.2. The first-order chi connectivity index (χ1) is 21.1. The number of ether oxygens (including phenoxy) is 3. The lowest BCUT2D eigenvalue weighted by Gasteiger charge is -2.41. The zero-order valence-electron chi connectivity index (χ0n) is 25.8. The van der Waals surface area contributed by atoms with E-state index < -0.39 is 12.0 Å². The summed E-state index contributed by atoms with van der Waals surface area (Å²) < 4.78 is 16.4. The van der Waals surface area contributed by atoms with Crippen molar-refractivity contribution in [3.63, 3.8) is 0 Å². The van der Waals surface area contributed by atoms with Crippen molar-refractivity contribution >= 4 is 35.0 Å². The van der Waals surface area contributed by atoms with Gasteiger partial charge in [-0.25, -0.2) is 4.79 Å². The molecule has 1 aliphatic heterocycles. The van der Waals surface area contributed by atoms with Crippen LogP contribution in [0.5, 0.6) is 17.2 Å². The molecule has 1 saturated heterocycles. The fourth-order valence-corrected chi connectivity index (χ4v) is 5.71. The van der Waals surface area contributed by atoms with Crippen molar-refractivity contribution in [1.82, 2.24) is 4.90 Å². The topological polar surface area (TPSA) is 130 Å². The lowest BCUT2D eigenvalue weighted by Crippen LogP contribution is -2.48. The van der Waals surface area contributed by atoms with Crippen LogP contribution in [0.25, 0.3) is 0 Å². The maximum atomic E-state index is 12.9. The number of benzene rings is 3. The van der Waals surface area contributed by atoms with Gasteiger partial charge in [-0.05, 0) is 61.2 Å². The Bertz CT molecular complexity index is 1490. The smallest absolute Gasteiger partial charge is 0.323 e. The van der Waals surface area contributed by atoms with Gasteiger partial charge < -0.3 is 34.9 Å². The molecule has 3 N–H and O–H groups in total. The highest BCUT2D eigenvalue weighted by Gasteiger charge is 2.32. The summed E-state index contributed by atoms with van der Waals surface area (Å²) in [5.41, 5.74) is 3.58. The molecular weight excluding hydrogens is 564 g/mol. The Morgan fingerprint density at radius 2 is 1.55 bits per heavy atom. The van der Waals surface area contributed by atoms with Crippen LogP contribution in [0.4, 0.5) is 21.9 Å². The molecule has 3 aromatic rings. The summed E-state index contributed by atoms with van der Waals surface area (Å²) in [5.74, 6) is 0.513. The van der Waals surface area contributed by atoms with Gasteiger partial charge in [0.05, 0.1) is 33.4 Å². The minimum Gasteiger partial charge on any atom is -0.494 e. The average molecular weight is 605 g/mol. The predicted octanol–water partition coefficient (Wildman–Crippen LogP) is 5.70. The van der Waals surface area contributed by atoms with Crippen LogP contribution in [0.3, 0.4) is 0 Å². The molecule has 1 fully saturated rings. The summed E-state index contributed by atoms with van der Waals surface area (Å²) in [4.78, 5) is 41.4. The highest BCUT2D eigenvalue weighted by atomic mass is 16.5. The van der Waals surface area contributed by atoms with Gasteiger partial charge in [-0.3, -0.25) is 14.5 Å². The molecule has 0 saturated carbocycles. The molecule has 0 radical (unpaired) electrons. The van der Waals surface area contributed by atoms with Crippen LogP contribution in [0.15, 0.2) is 60.7 Å². The van der Waals surface area contributed by atoms with Gasteiger partial charge >= 0.3 is 12.0 Å². The highest BCUT2D eigenvalue weighted by Crippen LogP contribution is 2.37. The molecule has 234 valence electrons. The summed E-state index contributed by atoms with van der Waals surface area (Å²) >= 11 is 0. The second-order valence-electron chi connectivity index (χ2n) is 10.7. The van der Waals surface area contributed by atoms with E-state index in [0.29, 0.717) is 60.2 Å². The predicted molar refractivity (Wildman–Crippen MR) is 169 cm³/mol. The Balaban J connectivity index is 1.48. The molecule has 44 heavy (non-hydrogen) atoms. The second-order valence-corrected chi connectivity index (χ2v) is 10.7. The molecule has 1 atom stereocenters. The number of nitrogens with zero attached hydrogens (tertiary/aromatic N) is 2. The van der Waals surface area contributed by atoms with Crippen LogP contribution >= 0.6 is 0 Å². The molecule has 1 heterocycles. The number of carboxylic acids is 1. The van der Waals surface area contributed by atoms with Gasteiger partial charge in [-0.1, -0.05) is 24.3 Å². The van der Waals surface area contributed by atoms with Crippen molar-refractivity contribution in [3.8, 4) is 17.2 Å². The SMILES string of the molecule is COc1cc(N(C(C)=O)C2CCN(C(CC(=O)O)c3ccc(OC)c(OC)c3)CC2)ccc1NC(=O)Nc1ccccc1C. The fourth-order valence-electron chi connectivity index (χ4n) is 5.71. The number of anilines is 3. The summed E-state index contributed by atoms with van der Waals surface area (Å²) in [6.45, 7) is 4.62. The van der Waals surface area contributed by atoms with Crippen LogP contribution in [0.2, 0.25) is 0 Å². The van der Waals surface area contributed by atoms with Crippen LogP contribution in [0.1, 0.15) is 43.4 Å². The number of aliphatic carboxylic acids is 1. The lowest BCUT2D eigenvalue weighted by atomic mass is 9.95. The van der Waals surface area contributed by atoms with Crippen molar-refractivity contribution < 1.29 is 33.7 Å². The molecule has 0 aromatic heterocycles. The number of rotatable bonds is 11. The third kappa shape index (κ3) is 7.59. The van der Waals surface area contributed by atoms with Crippen molar-refractivity contribution in [2.45, 2.75) is 45.2 Å². The van der Waals surface area contributed by atoms with E-state index in [2.05, 4.69) is 15.5 Å². The van der Waals surface area contributed by atoms with Crippen LogP contribution < -0.4 is 29.7 Å². The van der Waals surface area contributed by atoms with E-state index in [4.69, 9.17) is 14.2 Å². The van der Waals surface area contributed by atoms with E-state index in [1.165, 1.54) is 14.0 Å². The number of hydrogen-bond donors (Lipinski definition) is 3. The molecule has 11 nitrogen and oxygen atoms in total. The molecule has 0 spiro atoms. The number of carboxylic acid groups (broad SMARTS) is 1. The van der Waals surface area contributed by atoms with E-state index in [0.717, 1.165) is 11.1 Å².